The van der Waals surface area contributed by atoms with E-state index >= 15 is 0 Å². The molecule has 45 heavy (non-hydrogen) atoms. The lowest BCUT2D eigenvalue weighted by molar-refractivity contribution is -0.130. The van der Waals surface area contributed by atoms with Crippen LogP contribution in [0.4, 0.5) is 0 Å². The van der Waals surface area contributed by atoms with Crippen LogP contribution in [-0.2, 0) is 22.6 Å². The van der Waals surface area contributed by atoms with E-state index in [-0.39, 0.29) is 48.7 Å². The molecule has 9 nitrogen and oxygen atoms in total. The molecule has 3 atom stereocenters. The van der Waals surface area contributed by atoms with Crippen LogP contribution >= 0.6 is 23.2 Å². The second-order valence-corrected chi connectivity index (χ2v) is 12.0. The van der Waals surface area contributed by atoms with Crippen LogP contribution in [0.3, 0.4) is 0 Å². The number of amides is 4. The maximum Gasteiger partial charge on any atom is 0.251 e. The van der Waals surface area contributed by atoms with Crippen molar-refractivity contribution in [3.05, 3.63) is 105 Å². The number of halogens is 2. The summed E-state index contributed by atoms with van der Waals surface area (Å²) in [6, 6.07) is 19.5. The number of hydrogen-bond acceptors (Lipinski definition) is 5. The van der Waals surface area contributed by atoms with Gasteiger partial charge in [-0.05, 0) is 67.6 Å². The lowest BCUT2D eigenvalue weighted by Crippen LogP contribution is -2.55. The molecule has 0 aliphatic carbocycles. The molecule has 4 amide bonds. The van der Waals surface area contributed by atoms with Gasteiger partial charge in [-0.3, -0.25) is 19.2 Å². The average Bonchev–Trinajstić information content (AvgIpc) is 3.02. The molecule has 0 aromatic heterocycles. The zero-order chi connectivity index (χ0) is 32.9. The number of rotatable bonds is 15. The lowest BCUT2D eigenvalue weighted by atomic mass is 10.0. The monoisotopic (exact) mass is 653 g/mol. The van der Waals surface area contributed by atoms with Crippen LogP contribution in [0.2, 0.25) is 10.0 Å². The summed E-state index contributed by atoms with van der Waals surface area (Å²) < 4.78 is 0. The van der Waals surface area contributed by atoms with E-state index in [1.54, 1.807) is 43.3 Å². The third kappa shape index (κ3) is 11.2. The molecule has 0 radical (unpaired) electrons. The van der Waals surface area contributed by atoms with E-state index in [4.69, 9.17) is 23.2 Å². The minimum absolute atomic E-state index is 0.0918. The van der Waals surface area contributed by atoms with Crippen molar-refractivity contribution in [1.29, 1.82) is 0 Å². The first-order valence-corrected chi connectivity index (χ1v) is 15.7. The summed E-state index contributed by atoms with van der Waals surface area (Å²) in [5, 5.41) is 15.6. The summed E-state index contributed by atoms with van der Waals surface area (Å²) in [5.41, 5.74) is 2.36. The van der Waals surface area contributed by atoms with Crippen LogP contribution in [0.1, 0.15) is 59.5 Å². The van der Waals surface area contributed by atoms with Crippen molar-refractivity contribution in [3.8, 4) is 0 Å². The van der Waals surface area contributed by atoms with Gasteiger partial charge in [-0.2, -0.15) is 0 Å². The molecular weight excluding hydrogens is 613 g/mol. The Bertz CT molecular complexity index is 1470. The Kier molecular flexibility index (Phi) is 13.9. The maximum atomic E-state index is 13.4. The molecule has 0 saturated heterocycles. The summed E-state index contributed by atoms with van der Waals surface area (Å²) in [6.07, 6.45) is 0.503. The highest BCUT2D eigenvalue weighted by atomic mass is 35.5. The second kappa shape index (κ2) is 17.5. The highest BCUT2D eigenvalue weighted by Gasteiger charge is 2.26. The van der Waals surface area contributed by atoms with Gasteiger partial charge in [0.25, 0.3) is 11.8 Å². The van der Waals surface area contributed by atoms with Gasteiger partial charge in [0.2, 0.25) is 11.8 Å². The molecular formula is C34H41Cl2N5O4. The van der Waals surface area contributed by atoms with Gasteiger partial charge in [0.05, 0.1) is 6.04 Å². The number of carbonyl (C=O) groups excluding carboxylic acids is 4. The minimum Gasteiger partial charge on any atom is -0.355 e. The molecule has 0 aliphatic rings. The zero-order valence-electron chi connectivity index (χ0n) is 26.0. The van der Waals surface area contributed by atoms with E-state index in [9.17, 15) is 19.2 Å². The van der Waals surface area contributed by atoms with E-state index in [1.165, 1.54) is 6.07 Å². The molecule has 0 spiro atoms. The SMILES string of the molecule is CCNC(=O)[C@@H](NC(=O)[C@H](C)NC[C@H](Cc1ccccc1)NC(=O)c1cccc(C(=O)NCc2ccc(Cl)cc2Cl)c1)C(C)C. The summed E-state index contributed by atoms with van der Waals surface area (Å²) >= 11 is 12.2. The number of carbonyl (C=O) groups is 4. The minimum atomic E-state index is -0.658. The Morgan fingerprint density at radius 3 is 2.09 bits per heavy atom. The van der Waals surface area contributed by atoms with E-state index in [0.29, 0.717) is 39.7 Å². The van der Waals surface area contributed by atoms with Crippen molar-refractivity contribution in [2.45, 2.75) is 58.8 Å². The van der Waals surface area contributed by atoms with Gasteiger partial charge in [-0.25, -0.2) is 0 Å². The topological polar surface area (TPSA) is 128 Å². The number of hydrogen-bond donors (Lipinski definition) is 5. The number of nitrogens with one attached hydrogen (secondary N) is 5. The molecule has 240 valence electrons. The number of benzene rings is 3. The Morgan fingerprint density at radius 1 is 0.756 bits per heavy atom. The molecule has 3 rings (SSSR count). The fourth-order valence-corrected chi connectivity index (χ4v) is 5.07. The Labute approximate surface area is 274 Å². The van der Waals surface area contributed by atoms with Crippen LogP contribution in [0.5, 0.6) is 0 Å². The molecule has 0 aliphatic heterocycles. The molecule has 0 heterocycles. The van der Waals surface area contributed by atoms with Gasteiger partial charge in [0, 0.05) is 46.8 Å². The third-order valence-electron chi connectivity index (χ3n) is 7.16. The van der Waals surface area contributed by atoms with E-state index in [1.807, 2.05) is 51.1 Å². The quantitative estimate of drug-likeness (QED) is 0.165. The van der Waals surface area contributed by atoms with Crippen LogP contribution in [-0.4, -0.2) is 54.8 Å². The van der Waals surface area contributed by atoms with Gasteiger partial charge >= 0.3 is 0 Å². The number of likely N-dealkylation sites (N-methyl/N-ethyl adjacent to an activating group) is 1. The second-order valence-electron chi connectivity index (χ2n) is 11.1. The Morgan fingerprint density at radius 2 is 1.44 bits per heavy atom. The van der Waals surface area contributed by atoms with Crippen molar-refractivity contribution >= 4 is 46.8 Å². The molecule has 0 bridgehead atoms. The van der Waals surface area contributed by atoms with E-state index in [2.05, 4.69) is 26.6 Å². The standard InChI is InChI=1S/C34H41Cl2N5O4/c1-5-37-34(45)30(21(2)3)41-31(42)22(4)38-20-28(16-23-10-7-6-8-11-23)40-33(44)25-13-9-12-24(17-25)32(43)39-19-26-14-15-27(35)18-29(26)36/h6-15,17-18,21-22,28,30,38H,5,16,19-20H2,1-4H3,(H,37,45)(H,39,43)(H,40,44)(H,41,42)/t22-,28-,30-/m0/s1. The lowest BCUT2D eigenvalue weighted by Gasteiger charge is -2.25. The fourth-order valence-electron chi connectivity index (χ4n) is 4.60. The summed E-state index contributed by atoms with van der Waals surface area (Å²) in [7, 11) is 0. The molecule has 5 N–H and O–H groups in total. The van der Waals surface area contributed by atoms with Gasteiger partial charge in [0.15, 0.2) is 0 Å². The van der Waals surface area contributed by atoms with Gasteiger partial charge in [0.1, 0.15) is 6.04 Å². The first-order valence-electron chi connectivity index (χ1n) is 15.0. The smallest absolute Gasteiger partial charge is 0.251 e. The van der Waals surface area contributed by atoms with Crippen molar-refractivity contribution in [3.63, 3.8) is 0 Å². The first kappa shape index (κ1) is 35.6. The van der Waals surface area contributed by atoms with Crippen molar-refractivity contribution in [2.24, 2.45) is 5.92 Å². The molecule has 11 heteroatoms. The van der Waals surface area contributed by atoms with Crippen molar-refractivity contribution < 1.29 is 19.2 Å². The molecule has 0 unspecified atom stereocenters. The third-order valence-corrected chi connectivity index (χ3v) is 7.75. The highest BCUT2D eigenvalue weighted by molar-refractivity contribution is 6.35. The molecule has 3 aromatic rings. The molecule has 0 fully saturated rings. The van der Waals surface area contributed by atoms with Crippen molar-refractivity contribution in [2.75, 3.05) is 13.1 Å². The van der Waals surface area contributed by atoms with E-state index < -0.39 is 12.1 Å². The van der Waals surface area contributed by atoms with Crippen molar-refractivity contribution in [1.82, 2.24) is 26.6 Å². The molecule has 3 aromatic carbocycles. The van der Waals surface area contributed by atoms with E-state index in [0.717, 1.165) is 5.56 Å². The largest absolute Gasteiger partial charge is 0.355 e. The van der Waals surface area contributed by atoms with Crippen LogP contribution in [0.15, 0.2) is 72.8 Å². The predicted molar refractivity (Wildman–Crippen MR) is 178 cm³/mol. The average molecular weight is 655 g/mol. The maximum absolute atomic E-state index is 13.4. The highest BCUT2D eigenvalue weighted by Crippen LogP contribution is 2.21. The Hall–Kier alpha value is -3.92. The first-order chi connectivity index (χ1) is 21.5. The Balaban J connectivity index is 1.66. The predicted octanol–water partition coefficient (Wildman–Crippen LogP) is 4.52. The molecule has 0 saturated carbocycles. The normalized spacial score (nSPS) is 13.0. The fraction of sp³-hybridized carbons (Fsp3) is 0.353. The summed E-state index contributed by atoms with van der Waals surface area (Å²) in [6.45, 7) is 8.24. The zero-order valence-corrected chi connectivity index (χ0v) is 27.5. The van der Waals surface area contributed by atoms with Gasteiger partial charge < -0.3 is 26.6 Å². The summed E-state index contributed by atoms with van der Waals surface area (Å²) in [4.78, 5) is 51.7. The summed E-state index contributed by atoms with van der Waals surface area (Å²) in [5.74, 6) is -1.35. The van der Waals surface area contributed by atoms with Crippen LogP contribution in [0.25, 0.3) is 0 Å². The van der Waals surface area contributed by atoms with Crippen LogP contribution in [0, 0.1) is 5.92 Å². The van der Waals surface area contributed by atoms with Gasteiger partial charge in [-0.1, -0.05) is 79.5 Å². The van der Waals surface area contributed by atoms with Crippen LogP contribution < -0.4 is 26.6 Å². The van der Waals surface area contributed by atoms with Gasteiger partial charge in [-0.15, -0.1) is 0 Å².